The molecular weight excluding hydrogens is 148 g/mol. The van der Waals surface area contributed by atoms with Crippen LogP contribution in [0.3, 0.4) is 0 Å². The summed E-state index contributed by atoms with van der Waals surface area (Å²) in [6, 6.07) is 0.326. The highest BCUT2D eigenvalue weighted by Gasteiger charge is 2.29. The molecule has 0 aliphatic heterocycles. The minimum absolute atomic E-state index is 0.326. The molecule has 0 amide bonds. The predicted octanol–water partition coefficient (Wildman–Crippen LogP) is 1.28. The molecule has 3 unspecified atom stereocenters. The number of nitrogens with two attached hydrogens (primary N) is 1. The van der Waals surface area contributed by atoms with Crippen LogP contribution < -0.4 is 11.3 Å². The van der Waals surface area contributed by atoms with Crippen molar-refractivity contribution >= 4 is 0 Å². The Kier molecular flexibility index (Phi) is 3.58. The largest absolute Gasteiger partial charge is 0.271 e. The Morgan fingerprint density at radius 1 is 1.67 bits per heavy atom. The van der Waals surface area contributed by atoms with Gasteiger partial charge in [0.25, 0.3) is 0 Å². The summed E-state index contributed by atoms with van der Waals surface area (Å²) < 4.78 is 0. The number of terminal acetylenes is 1. The van der Waals surface area contributed by atoms with Crippen LogP contribution >= 0.6 is 0 Å². The minimum Gasteiger partial charge on any atom is -0.271 e. The van der Waals surface area contributed by atoms with Gasteiger partial charge in [0.15, 0.2) is 0 Å². The minimum atomic E-state index is 0.326. The molecule has 1 saturated carbocycles. The van der Waals surface area contributed by atoms with E-state index >= 15 is 0 Å². The molecule has 1 aliphatic rings. The average molecular weight is 166 g/mol. The quantitative estimate of drug-likeness (QED) is 0.376. The van der Waals surface area contributed by atoms with E-state index < -0.39 is 0 Å². The Bertz CT molecular complexity index is 171. The standard InChI is InChI=1S/C10H18N2/c1-3-5-10(12-11)9-7-4-6-8(9)2/h1,8-10,12H,4-7,11H2,2H3. The summed E-state index contributed by atoms with van der Waals surface area (Å²) in [6.07, 6.45) is 9.96. The smallest absolute Gasteiger partial charge is 0.0350 e. The highest BCUT2D eigenvalue weighted by atomic mass is 15.2. The van der Waals surface area contributed by atoms with Crippen LogP contribution in [0.15, 0.2) is 0 Å². The van der Waals surface area contributed by atoms with Crippen molar-refractivity contribution < 1.29 is 0 Å². The van der Waals surface area contributed by atoms with Gasteiger partial charge in [-0.25, -0.2) is 0 Å². The first-order valence-electron chi connectivity index (χ1n) is 4.69. The van der Waals surface area contributed by atoms with Gasteiger partial charge in [0, 0.05) is 12.5 Å². The van der Waals surface area contributed by atoms with Crippen LogP contribution in [0.2, 0.25) is 0 Å². The van der Waals surface area contributed by atoms with E-state index in [0.717, 1.165) is 12.3 Å². The van der Waals surface area contributed by atoms with E-state index in [1.54, 1.807) is 0 Å². The molecule has 0 heterocycles. The average Bonchev–Trinajstić information content (AvgIpc) is 2.47. The Morgan fingerprint density at radius 2 is 2.42 bits per heavy atom. The topological polar surface area (TPSA) is 38.0 Å². The molecule has 0 saturated heterocycles. The number of rotatable bonds is 3. The predicted molar refractivity (Wildman–Crippen MR) is 51.1 cm³/mol. The molecule has 12 heavy (non-hydrogen) atoms. The normalized spacial score (nSPS) is 31.4. The van der Waals surface area contributed by atoms with Crippen LogP contribution in [0.1, 0.15) is 32.6 Å². The van der Waals surface area contributed by atoms with Crippen molar-refractivity contribution in [1.82, 2.24) is 5.43 Å². The van der Waals surface area contributed by atoms with Crippen molar-refractivity contribution in [3.05, 3.63) is 0 Å². The first kappa shape index (κ1) is 9.57. The van der Waals surface area contributed by atoms with Gasteiger partial charge < -0.3 is 0 Å². The van der Waals surface area contributed by atoms with Gasteiger partial charge in [-0.2, -0.15) is 0 Å². The van der Waals surface area contributed by atoms with Crippen LogP contribution in [-0.4, -0.2) is 6.04 Å². The third-order valence-electron chi connectivity index (χ3n) is 3.00. The van der Waals surface area contributed by atoms with Crippen LogP contribution in [0, 0.1) is 24.2 Å². The lowest BCUT2D eigenvalue weighted by Crippen LogP contribution is -2.41. The maximum Gasteiger partial charge on any atom is 0.0350 e. The Balaban J connectivity index is 2.47. The van der Waals surface area contributed by atoms with Gasteiger partial charge in [-0.15, -0.1) is 12.3 Å². The fourth-order valence-corrected chi connectivity index (χ4v) is 2.23. The molecule has 0 aromatic heterocycles. The van der Waals surface area contributed by atoms with Gasteiger partial charge in [0.05, 0.1) is 0 Å². The van der Waals surface area contributed by atoms with E-state index in [-0.39, 0.29) is 0 Å². The third kappa shape index (κ3) is 2.00. The van der Waals surface area contributed by atoms with Crippen molar-refractivity contribution in [2.45, 2.75) is 38.6 Å². The summed E-state index contributed by atoms with van der Waals surface area (Å²) >= 11 is 0. The molecule has 0 bridgehead atoms. The summed E-state index contributed by atoms with van der Waals surface area (Å²) in [5, 5.41) is 0. The van der Waals surface area contributed by atoms with Gasteiger partial charge in [-0.1, -0.05) is 19.8 Å². The fraction of sp³-hybridized carbons (Fsp3) is 0.800. The van der Waals surface area contributed by atoms with Crippen molar-refractivity contribution in [1.29, 1.82) is 0 Å². The monoisotopic (exact) mass is 166 g/mol. The van der Waals surface area contributed by atoms with Crippen LogP contribution in [0.25, 0.3) is 0 Å². The second kappa shape index (κ2) is 4.49. The Labute approximate surface area is 74.9 Å². The van der Waals surface area contributed by atoms with E-state index in [0.29, 0.717) is 12.0 Å². The molecule has 1 fully saturated rings. The van der Waals surface area contributed by atoms with Crippen molar-refractivity contribution in [3.8, 4) is 12.3 Å². The number of nitrogens with one attached hydrogen (secondary N) is 1. The molecule has 3 atom stereocenters. The first-order chi connectivity index (χ1) is 5.79. The molecule has 1 aliphatic carbocycles. The lowest BCUT2D eigenvalue weighted by molar-refractivity contribution is 0.303. The van der Waals surface area contributed by atoms with Crippen LogP contribution in [0.5, 0.6) is 0 Å². The van der Waals surface area contributed by atoms with Crippen LogP contribution in [0.4, 0.5) is 0 Å². The molecule has 3 N–H and O–H groups in total. The fourth-order valence-electron chi connectivity index (χ4n) is 2.23. The highest BCUT2D eigenvalue weighted by Crippen LogP contribution is 2.34. The summed E-state index contributed by atoms with van der Waals surface area (Å²) in [4.78, 5) is 0. The Hall–Kier alpha value is -0.520. The van der Waals surface area contributed by atoms with E-state index in [2.05, 4.69) is 18.3 Å². The Morgan fingerprint density at radius 3 is 2.83 bits per heavy atom. The van der Waals surface area contributed by atoms with Crippen LogP contribution in [-0.2, 0) is 0 Å². The molecule has 0 aromatic carbocycles. The van der Waals surface area contributed by atoms with E-state index in [9.17, 15) is 0 Å². The van der Waals surface area contributed by atoms with Gasteiger partial charge in [-0.05, 0) is 18.3 Å². The summed E-state index contributed by atoms with van der Waals surface area (Å²) in [5.74, 6) is 9.59. The van der Waals surface area contributed by atoms with Gasteiger partial charge >= 0.3 is 0 Å². The molecule has 68 valence electrons. The lowest BCUT2D eigenvalue weighted by atomic mass is 9.89. The zero-order valence-electron chi connectivity index (χ0n) is 7.72. The maximum atomic E-state index is 5.46. The molecule has 2 heteroatoms. The molecule has 0 spiro atoms. The molecule has 1 rings (SSSR count). The zero-order valence-corrected chi connectivity index (χ0v) is 7.72. The molecule has 0 radical (unpaired) electrons. The number of hydrogen-bond donors (Lipinski definition) is 2. The highest BCUT2D eigenvalue weighted by molar-refractivity contribution is 4.94. The molecule has 2 nitrogen and oxygen atoms in total. The second-order valence-electron chi connectivity index (χ2n) is 3.75. The molecular formula is C10H18N2. The van der Waals surface area contributed by atoms with Crippen molar-refractivity contribution in [2.24, 2.45) is 17.7 Å². The lowest BCUT2D eigenvalue weighted by Gasteiger charge is -2.24. The second-order valence-corrected chi connectivity index (χ2v) is 3.75. The van der Waals surface area contributed by atoms with E-state index in [4.69, 9.17) is 12.3 Å². The molecule has 0 aromatic rings. The van der Waals surface area contributed by atoms with Gasteiger partial charge in [-0.3, -0.25) is 11.3 Å². The summed E-state index contributed by atoms with van der Waals surface area (Å²) in [7, 11) is 0. The SMILES string of the molecule is C#CCC(NN)C1CCCC1C. The van der Waals surface area contributed by atoms with E-state index in [1.165, 1.54) is 19.3 Å². The number of hydrazine groups is 1. The van der Waals surface area contributed by atoms with Gasteiger partial charge in [0.2, 0.25) is 0 Å². The summed E-state index contributed by atoms with van der Waals surface area (Å²) in [5.41, 5.74) is 2.83. The zero-order chi connectivity index (χ0) is 8.97. The maximum absolute atomic E-state index is 5.46. The van der Waals surface area contributed by atoms with Crippen molar-refractivity contribution in [2.75, 3.05) is 0 Å². The van der Waals surface area contributed by atoms with Gasteiger partial charge in [0.1, 0.15) is 0 Å². The van der Waals surface area contributed by atoms with E-state index in [1.807, 2.05) is 0 Å². The van der Waals surface area contributed by atoms with Crippen molar-refractivity contribution in [3.63, 3.8) is 0 Å². The number of hydrogen-bond acceptors (Lipinski definition) is 2. The summed E-state index contributed by atoms with van der Waals surface area (Å²) in [6.45, 7) is 2.29. The third-order valence-corrected chi connectivity index (χ3v) is 3.00. The first-order valence-corrected chi connectivity index (χ1v) is 4.69.